The van der Waals surface area contributed by atoms with Crippen molar-refractivity contribution in [1.29, 1.82) is 0 Å². The fraction of sp³-hybridized carbons (Fsp3) is 1.00. The van der Waals surface area contributed by atoms with Crippen LogP contribution in [0, 0.1) is 0 Å². The van der Waals surface area contributed by atoms with Crippen LogP contribution in [-0.2, 0) is 0 Å². The molecule has 0 heterocycles. The molecule has 0 aromatic rings. The van der Waals surface area contributed by atoms with Crippen molar-refractivity contribution in [2.24, 2.45) is 0 Å². The van der Waals surface area contributed by atoms with E-state index in [4.69, 9.17) is 5.11 Å². The molecular weight excluding hydrogens is 88.1 g/mol. The molecule has 0 bridgehead atoms. The van der Waals surface area contributed by atoms with Crippen molar-refractivity contribution in [2.75, 3.05) is 0 Å². The molecule has 0 amide bonds. The first-order chi connectivity index (χ1) is 2.81. The molecule has 1 N–H and O–H groups in total. The van der Waals surface area contributed by atoms with E-state index in [1.54, 1.807) is 0 Å². The van der Waals surface area contributed by atoms with Gasteiger partial charge in [-0.3, -0.25) is 0 Å². The third-order valence-corrected chi connectivity index (χ3v) is 0.942. The molecule has 0 fully saturated rings. The number of hydrogen-bond acceptors (Lipinski definition) is 1. The van der Waals surface area contributed by atoms with Crippen molar-refractivity contribution >= 4 is 0 Å². The highest BCUT2D eigenvalue weighted by molar-refractivity contribution is 4.43. The van der Waals surface area contributed by atoms with E-state index < -0.39 is 0 Å². The van der Waals surface area contributed by atoms with Crippen molar-refractivity contribution in [3.05, 3.63) is 0 Å². The molecule has 0 unspecified atom stereocenters. The van der Waals surface area contributed by atoms with E-state index in [9.17, 15) is 0 Å². The smallest absolute Gasteiger partial charge is 0.0535 e. The van der Waals surface area contributed by atoms with Gasteiger partial charge in [-0.15, -0.1) is 0 Å². The molecule has 0 aromatic carbocycles. The fourth-order valence-corrected chi connectivity index (χ4v) is 0.289. The van der Waals surface area contributed by atoms with Gasteiger partial charge >= 0.3 is 0 Å². The molecule has 0 saturated carbocycles. The Hall–Kier alpha value is -0.0400. The summed E-state index contributed by atoms with van der Waals surface area (Å²) in [4.78, 5) is 0. The predicted octanol–water partition coefficient (Wildman–Crippen LogP) is 1.80. The second kappa shape index (κ2) is 5.96. The van der Waals surface area contributed by atoms with E-state index in [2.05, 4.69) is 0 Å². The minimum Gasteiger partial charge on any atom is -0.393 e. The maximum absolute atomic E-state index is 8.67. The van der Waals surface area contributed by atoms with Crippen molar-refractivity contribution in [2.45, 2.75) is 40.2 Å². The third kappa shape index (κ3) is 5.96. The largest absolute Gasteiger partial charge is 0.393 e. The SMILES string of the molecule is C.CCC(O)CC. The second-order valence-electron chi connectivity index (χ2n) is 1.47. The standard InChI is InChI=1S/C5H12O.CH4/c1-3-5(6)4-2;/h5-6H,3-4H2,1-2H3;1H4. The maximum atomic E-state index is 8.67. The molecule has 46 valence electrons. The van der Waals surface area contributed by atoms with Gasteiger partial charge in [0.05, 0.1) is 6.10 Å². The zero-order valence-electron chi connectivity index (χ0n) is 4.44. The summed E-state index contributed by atoms with van der Waals surface area (Å²) in [6.45, 7) is 3.96. The van der Waals surface area contributed by atoms with Gasteiger partial charge in [-0.2, -0.15) is 0 Å². The Balaban J connectivity index is 0. The van der Waals surface area contributed by atoms with Crippen LogP contribution < -0.4 is 0 Å². The lowest BCUT2D eigenvalue weighted by Crippen LogP contribution is -1.99. The molecule has 0 rings (SSSR count). The number of rotatable bonds is 2. The molecule has 1 nitrogen and oxygen atoms in total. The second-order valence-corrected chi connectivity index (χ2v) is 1.47. The first-order valence-corrected chi connectivity index (χ1v) is 2.49. The van der Waals surface area contributed by atoms with Crippen molar-refractivity contribution < 1.29 is 5.11 Å². The Labute approximate surface area is 46.4 Å². The first kappa shape index (κ1) is 10.0. The molecule has 0 atom stereocenters. The van der Waals surface area contributed by atoms with Crippen LogP contribution in [0.2, 0.25) is 0 Å². The van der Waals surface area contributed by atoms with E-state index in [0.29, 0.717) is 0 Å². The lowest BCUT2D eigenvalue weighted by atomic mass is 10.2. The lowest BCUT2D eigenvalue weighted by molar-refractivity contribution is 0.166. The Morgan fingerprint density at radius 3 is 1.57 bits per heavy atom. The van der Waals surface area contributed by atoms with Gasteiger partial charge in [0.1, 0.15) is 0 Å². The van der Waals surface area contributed by atoms with Gasteiger partial charge in [0.15, 0.2) is 0 Å². The van der Waals surface area contributed by atoms with Crippen LogP contribution in [0.25, 0.3) is 0 Å². The quantitative estimate of drug-likeness (QED) is 0.566. The van der Waals surface area contributed by atoms with Crippen LogP contribution >= 0.6 is 0 Å². The number of aliphatic hydroxyl groups excluding tert-OH is 1. The molecule has 0 spiro atoms. The minimum absolute atomic E-state index is 0. The van der Waals surface area contributed by atoms with Gasteiger partial charge < -0.3 is 5.11 Å². The van der Waals surface area contributed by atoms with Gasteiger partial charge in [-0.05, 0) is 12.8 Å². The van der Waals surface area contributed by atoms with Crippen LogP contribution in [-0.4, -0.2) is 11.2 Å². The van der Waals surface area contributed by atoms with Crippen molar-refractivity contribution in [3.8, 4) is 0 Å². The van der Waals surface area contributed by atoms with Gasteiger partial charge in [0, 0.05) is 0 Å². The molecule has 7 heavy (non-hydrogen) atoms. The highest BCUT2D eigenvalue weighted by Gasteiger charge is 1.90. The van der Waals surface area contributed by atoms with Gasteiger partial charge in [0.2, 0.25) is 0 Å². The predicted molar refractivity (Wildman–Crippen MR) is 33.3 cm³/mol. The number of hydrogen-bond donors (Lipinski definition) is 1. The first-order valence-electron chi connectivity index (χ1n) is 2.49. The number of aliphatic hydroxyl groups is 1. The molecule has 0 aliphatic heterocycles. The van der Waals surface area contributed by atoms with E-state index in [-0.39, 0.29) is 13.5 Å². The molecule has 0 saturated heterocycles. The van der Waals surface area contributed by atoms with Gasteiger partial charge in [-0.1, -0.05) is 21.3 Å². The van der Waals surface area contributed by atoms with E-state index in [1.165, 1.54) is 0 Å². The summed E-state index contributed by atoms with van der Waals surface area (Å²) in [5, 5.41) is 8.67. The average Bonchev–Trinajstić information content (AvgIpc) is 1.65. The van der Waals surface area contributed by atoms with E-state index in [1.807, 2.05) is 13.8 Å². The van der Waals surface area contributed by atoms with Crippen molar-refractivity contribution in [1.82, 2.24) is 0 Å². The minimum atomic E-state index is -0.0648. The third-order valence-electron chi connectivity index (χ3n) is 0.942. The Morgan fingerprint density at radius 2 is 1.57 bits per heavy atom. The van der Waals surface area contributed by atoms with Crippen LogP contribution in [0.15, 0.2) is 0 Å². The zero-order chi connectivity index (χ0) is 4.99. The summed E-state index contributed by atoms with van der Waals surface area (Å²) >= 11 is 0. The normalized spacial score (nSPS) is 8.57. The summed E-state index contributed by atoms with van der Waals surface area (Å²) in [6.07, 6.45) is 1.71. The van der Waals surface area contributed by atoms with Gasteiger partial charge in [-0.25, -0.2) is 0 Å². The van der Waals surface area contributed by atoms with Crippen LogP contribution in [0.3, 0.4) is 0 Å². The summed E-state index contributed by atoms with van der Waals surface area (Å²) in [5.74, 6) is 0. The molecular formula is C6H16O. The van der Waals surface area contributed by atoms with Gasteiger partial charge in [0.25, 0.3) is 0 Å². The summed E-state index contributed by atoms with van der Waals surface area (Å²) in [5.41, 5.74) is 0. The van der Waals surface area contributed by atoms with Crippen LogP contribution in [0.4, 0.5) is 0 Å². The molecule has 0 radical (unpaired) electrons. The zero-order valence-corrected chi connectivity index (χ0v) is 4.44. The molecule has 1 heteroatoms. The fourth-order valence-electron chi connectivity index (χ4n) is 0.289. The van der Waals surface area contributed by atoms with E-state index >= 15 is 0 Å². The van der Waals surface area contributed by atoms with Crippen LogP contribution in [0.5, 0.6) is 0 Å². The van der Waals surface area contributed by atoms with Crippen LogP contribution in [0.1, 0.15) is 34.1 Å². The molecule has 0 aromatic heterocycles. The Morgan fingerprint density at radius 1 is 1.29 bits per heavy atom. The lowest BCUT2D eigenvalue weighted by Gasteiger charge is -1.98. The topological polar surface area (TPSA) is 20.2 Å². The van der Waals surface area contributed by atoms with Crippen molar-refractivity contribution in [3.63, 3.8) is 0 Å². The highest BCUT2D eigenvalue weighted by atomic mass is 16.3. The highest BCUT2D eigenvalue weighted by Crippen LogP contribution is 1.91. The Kier molecular flexibility index (Phi) is 8.56. The maximum Gasteiger partial charge on any atom is 0.0535 e. The summed E-state index contributed by atoms with van der Waals surface area (Å²) in [7, 11) is 0. The summed E-state index contributed by atoms with van der Waals surface area (Å²) in [6, 6.07) is 0. The average molecular weight is 104 g/mol. The monoisotopic (exact) mass is 104 g/mol. The molecule has 0 aliphatic rings. The molecule has 0 aliphatic carbocycles. The van der Waals surface area contributed by atoms with E-state index in [0.717, 1.165) is 12.8 Å². The Bertz CT molecular complexity index is 23.4. The summed E-state index contributed by atoms with van der Waals surface area (Å²) < 4.78 is 0.